The number of ether oxygens (including phenoxy) is 1. The van der Waals surface area contributed by atoms with Gasteiger partial charge in [0.25, 0.3) is 5.91 Å². The van der Waals surface area contributed by atoms with Crippen LogP contribution in [0.1, 0.15) is 19.4 Å². The fourth-order valence-corrected chi connectivity index (χ4v) is 1.38. The minimum absolute atomic E-state index is 0.0915. The summed E-state index contributed by atoms with van der Waals surface area (Å²) < 4.78 is 4.40. The van der Waals surface area contributed by atoms with Crippen LogP contribution in [0.5, 0.6) is 0 Å². The first kappa shape index (κ1) is 13.0. The minimum atomic E-state index is -0.211. The Morgan fingerprint density at radius 2 is 2.06 bits per heavy atom. The lowest BCUT2D eigenvalue weighted by molar-refractivity contribution is -0.140. The Labute approximate surface area is 100 Å². The van der Waals surface area contributed by atoms with Crippen molar-refractivity contribution in [2.45, 2.75) is 13.8 Å². The quantitative estimate of drug-likeness (QED) is 0.597. The number of hydrogen-bond donors (Lipinski definition) is 1. The molecule has 0 fully saturated rings. The molecule has 17 heavy (non-hydrogen) atoms. The first-order chi connectivity index (χ1) is 8.06. The molecule has 1 aliphatic rings. The summed E-state index contributed by atoms with van der Waals surface area (Å²) in [5, 5.41) is 2.71. The van der Waals surface area contributed by atoms with Crippen LogP contribution in [0.3, 0.4) is 0 Å². The smallest absolute Gasteiger partial charge is 0.302 e. The van der Waals surface area contributed by atoms with Crippen molar-refractivity contribution in [3.63, 3.8) is 0 Å². The van der Waals surface area contributed by atoms with Crippen LogP contribution in [-0.2, 0) is 14.3 Å². The maximum atomic E-state index is 11.0. The Hall–Kier alpha value is -2.10. The molecular weight excluding hydrogens is 218 g/mol. The highest BCUT2D eigenvalue weighted by Gasteiger charge is 2.20. The summed E-state index contributed by atoms with van der Waals surface area (Å²) in [6, 6.07) is 7.53. The zero-order valence-electron chi connectivity index (χ0n) is 9.95. The maximum Gasteiger partial charge on any atom is 0.302 e. The van der Waals surface area contributed by atoms with Gasteiger partial charge in [-0.1, -0.05) is 24.8 Å². The number of hydrogen-bond acceptors (Lipinski definition) is 3. The molecule has 1 aromatic carbocycles. The predicted octanol–water partition coefficient (Wildman–Crippen LogP) is 2.22. The average Bonchev–Trinajstić information content (AvgIpc) is 2.56. The van der Waals surface area contributed by atoms with E-state index in [0.29, 0.717) is 12.2 Å². The van der Waals surface area contributed by atoms with Crippen LogP contribution in [0, 0.1) is 0 Å². The molecule has 4 nitrogen and oxygen atoms in total. The molecule has 1 aliphatic heterocycles. The highest BCUT2D eigenvalue weighted by atomic mass is 16.5. The topological polar surface area (TPSA) is 55.4 Å². The van der Waals surface area contributed by atoms with Gasteiger partial charge in [-0.2, -0.15) is 0 Å². The van der Waals surface area contributed by atoms with E-state index in [-0.39, 0.29) is 11.9 Å². The molecule has 0 unspecified atom stereocenters. The van der Waals surface area contributed by atoms with E-state index >= 15 is 0 Å². The van der Waals surface area contributed by atoms with Crippen molar-refractivity contribution in [3.8, 4) is 0 Å². The molecule has 0 aliphatic carbocycles. The molecule has 0 spiro atoms. The van der Waals surface area contributed by atoms with Crippen LogP contribution < -0.4 is 5.32 Å². The lowest BCUT2D eigenvalue weighted by atomic mass is 10.1. The number of anilines is 1. The first-order valence-corrected chi connectivity index (χ1v) is 5.29. The lowest BCUT2D eigenvalue weighted by Crippen LogP contribution is -2.02. The maximum absolute atomic E-state index is 11.0. The van der Waals surface area contributed by atoms with Crippen molar-refractivity contribution in [3.05, 3.63) is 36.4 Å². The third-order valence-electron chi connectivity index (χ3n) is 2.12. The Balaban J connectivity index is 0.000000209. The Bertz CT molecular complexity index is 452. The Morgan fingerprint density at radius 1 is 1.41 bits per heavy atom. The monoisotopic (exact) mass is 233 g/mol. The molecule has 4 heteroatoms. The largest absolute Gasteiger partial charge is 0.466 e. The number of benzene rings is 1. The second-order valence-electron chi connectivity index (χ2n) is 3.40. The summed E-state index contributed by atoms with van der Waals surface area (Å²) in [5.74, 6) is -0.302. The van der Waals surface area contributed by atoms with Crippen LogP contribution in [0.4, 0.5) is 5.69 Å². The normalized spacial score (nSPS) is 12.1. The standard InChI is InChI=1S/C9H7NO.C4H8O2/c1-6-7-4-2-3-5-8(7)10-9(6)11;1-3-6-4(2)5/h2-5H,1H2,(H,10,11);3H2,1-2H3. The zero-order chi connectivity index (χ0) is 12.8. The summed E-state index contributed by atoms with van der Waals surface area (Å²) >= 11 is 0. The number of carbonyl (C=O) groups excluding carboxylic acids is 2. The number of para-hydroxylation sites is 1. The van der Waals surface area contributed by atoms with Crippen LogP contribution in [0.15, 0.2) is 30.8 Å². The van der Waals surface area contributed by atoms with Crippen LogP contribution in [-0.4, -0.2) is 18.5 Å². The molecule has 0 saturated heterocycles. The Morgan fingerprint density at radius 3 is 2.53 bits per heavy atom. The molecule has 1 aromatic rings. The first-order valence-electron chi connectivity index (χ1n) is 5.29. The van der Waals surface area contributed by atoms with E-state index in [2.05, 4.69) is 16.6 Å². The number of nitrogens with one attached hydrogen (secondary N) is 1. The number of esters is 1. The SMILES string of the molecule is C=C1C(=O)Nc2ccccc21.CCOC(C)=O. The van der Waals surface area contributed by atoms with Crippen molar-refractivity contribution in [1.29, 1.82) is 0 Å². The van der Waals surface area contributed by atoms with E-state index < -0.39 is 0 Å². The van der Waals surface area contributed by atoms with Crippen molar-refractivity contribution in [2.75, 3.05) is 11.9 Å². The van der Waals surface area contributed by atoms with Gasteiger partial charge in [-0.25, -0.2) is 0 Å². The van der Waals surface area contributed by atoms with Crippen LogP contribution in [0.25, 0.3) is 5.57 Å². The third kappa shape index (κ3) is 3.45. The highest BCUT2D eigenvalue weighted by molar-refractivity contribution is 6.30. The van der Waals surface area contributed by atoms with Gasteiger partial charge in [-0.15, -0.1) is 0 Å². The van der Waals surface area contributed by atoms with Gasteiger partial charge in [-0.05, 0) is 13.0 Å². The summed E-state index contributed by atoms with van der Waals surface area (Å²) in [6.45, 7) is 7.32. The predicted molar refractivity (Wildman–Crippen MR) is 66.4 cm³/mol. The van der Waals surface area contributed by atoms with E-state index in [1.165, 1.54) is 6.92 Å². The van der Waals surface area contributed by atoms with Crippen molar-refractivity contribution < 1.29 is 14.3 Å². The molecule has 0 radical (unpaired) electrons. The molecule has 1 heterocycles. The highest BCUT2D eigenvalue weighted by Crippen LogP contribution is 2.29. The molecule has 0 bridgehead atoms. The second-order valence-corrected chi connectivity index (χ2v) is 3.40. The lowest BCUT2D eigenvalue weighted by Gasteiger charge is -1.93. The van der Waals surface area contributed by atoms with E-state index in [4.69, 9.17) is 0 Å². The molecule has 2 rings (SSSR count). The number of fused-ring (bicyclic) bond motifs is 1. The Kier molecular flexibility index (Phi) is 4.46. The van der Waals surface area contributed by atoms with Crippen molar-refractivity contribution >= 4 is 23.1 Å². The van der Waals surface area contributed by atoms with Gasteiger partial charge in [0.15, 0.2) is 0 Å². The molecule has 1 amide bonds. The van der Waals surface area contributed by atoms with Gasteiger partial charge < -0.3 is 10.1 Å². The van der Waals surface area contributed by atoms with Crippen LogP contribution in [0.2, 0.25) is 0 Å². The average molecular weight is 233 g/mol. The molecule has 0 saturated carbocycles. The minimum Gasteiger partial charge on any atom is -0.466 e. The van der Waals surface area contributed by atoms with Crippen molar-refractivity contribution in [1.82, 2.24) is 0 Å². The van der Waals surface area contributed by atoms with E-state index in [0.717, 1.165) is 11.3 Å². The molecule has 0 aromatic heterocycles. The van der Waals surface area contributed by atoms with E-state index in [1.54, 1.807) is 6.92 Å². The molecular formula is C13H15NO3. The molecule has 1 N–H and O–H groups in total. The fraction of sp³-hybridized carbons (Fsp3) is 0.231. The summed E-state index contributed by atoms with van der Waals surface area (Å²) in [6.07, 6.45) is 0. The molecule has 0 atom stereocenters. The number of rotatable bonds is 1. The van der Waals surface area contributed by atoms with E-state index in [1.807, 2.05) is 24.3 Å². The third-order valence-corrected chi connectivity index (χ3v) is 2.12. The van der Waals surface area contributed by atoms with Gasteiger partial charge >= 0.3 is 5.97 Å². The van der Waals surface area contributed by atoms with Crippen LogP contribution >= 0.6 is 0 Å². The second kappa shape index (κ2) is 5.84. The van der Waals surface area contributed by atoms with Gasteiger partial charge in [0.1, 0.15) is 0 Å². The number of carbonyl (C=O) groups is 2. The zero-order valence-corrected chi connectivity index (χ0v) is 9.95. The van der Waals surface area contributed by atoms with Gasteiger partial charge in [0, 0.05) is 23.7 Å². The fourth-order valence-electron chi connectivity index (χ4n) is 1.38. The summed E-state index contributed by atoms with van der Waals surface area (Å²) in [5.41, 5.74) is 2.33. The van der Waals surface area contributed by atoms with Gasteiger partial charge in [0.2, 0.25) is 0 Å². The van der Waals surface area contributed by atoms with Gasteiger partial charge in [-0.3, -0.25) is 9.59 Å². The number of amides is 1. The van der Waals surface area contributed by atoms with Crippen molar-refractivity contribution in [2.24, 2.45) is 0 Å². The summed E-state index contributed by atoms with van der Waals surface area (Å²) in [7, 11) is 0. The van der Waals surface area contributed by atoms with E-state index in [9.17, 15) is 9.59 Å². The molecule has 90 valence electrons. The summed E-state index contributed by atoms with van der Waals surface area (Å²) in [4.78, 5) is 20.8. The van der Waals surface area contributed by atoms with Gasteiger partial charge in [0.05, 0.1) is 6.61 Å².